The molecule has 0 spiro atoms. The number of nitrogens with zero attached hydrogens (tertiary/aromatic N) is 2. The summed E-state index contributed by atoms with van der Waals surface area (Å²) < 4.78 is 2.59. The molecule has 0 bridgehead atoms. The van der Waals surface area contributed by atoms with Crippen LogP contribution >= 0.6 is 11.3 Å². The van der Waals surface area contributed by atoms with Gasteiger partial charge in [-0.3, -0.25) is 0 Å². The van der Waals surface area contributed by atoms with Crippen molar-refractivity contribution in [2.24, 2.45) is 5.41 Å². The fourth-order valence-electron chi connectivity index (χ4n) is 6.50. The van der Waals surface area contributed by atoms with Gasteiger partial charge in [-0.2, -0.15) is 11.3 Å². The molecule has 0 aliphatic rings. The number of thiophene rings is 1. The second kappa shape index (κ2) is 15.2. The molecule has 8 aromatic rings. The van der Waals surface area contributed by atoms with Crippen molar-refractivity contribution in [2.45, 2.75) is 46.8 Å². The van der Waals surface area contributed by atoms with Gasteiger partial charge in [-0.15, -0.1) is 59.7 Å². The van der Waals surface area contributed by atoms with E-state index in [9.17, 15) is 0 Å². The third-order valence-electron chi connectivity index (χ3n) is 8.94. The quantitative estimate of drug-likeness (QED) is 0.127. The van der Waals surface area contributed by atoms with E-state index in [1.54, 1.807) is 0 Å². The van der Waals surface area contributed by atoms with Crippen molar-refractivity contribution in [3.8, 4) is 33.6 Å². The van der Waals surface area contributed by atoms with Gasteiger partial charge in [-0.25, -0.2) is 0 Å². The molecule has 257 valence electrons. The summed E-state index contributed by atoms with van der Waals surface area (Å²) in [7, 11) is -1.23. The molecule has 0 fully saturated rings. The molecule has 1 radical (unpaired) electrons. The van der Waals surface area contributed by atoms with E-state index < -0.39 is 8.07 Å². The van der Waals surface area contributed by atoms with Crippen molar-refractivity contribution in [3.63, 3.8) is 0 Å². The van der Waals surface area contributed by atoms with Gasteiger partial charge in [0.05, 0.1) is 8.07 Å². The Labute approximate surface area is 321 Å². The van der Waals surface area contributed by atoms with Crippen LogP contribution in [0.4, 0.5) is 0 Å². The van der Waals surface area contributed by atoms with Crippen LogP contribution in [0.2, 0.25) is 19.6 Å². The van der Waals surface area contributed by atoms with Crippen molar-refractivity contribution in [3.05, 3.63) is 151 Å². The van der Waals surface area contributed by atoms with Gasteiger partial charge in [0.1, 0.15) is 0 Å². The van der Waals surface area contributed by atoms with Gasteiger partial charge in [0.25, 0.3) is 0 Å². The number of rotatable bonds is 5. The van der Waals surface area contributed by atoms with Gasteiger partial charge in [0, 0.05) is 37.2 Å². The van der Waals surface area contributed by atoms with Gasteiger partial charge >= 0.3 is 0 Å². The van der Waals surface area contributed by atoms with E-state index in [2.05, 4.69) is 155 Å². The number of hydrogen-bond donors (Lipinski definition) is 0. The molecule has 8 rings (SSSR count). The standard InChI is InChI=1S/C32H26NS.C14H16NSi.Ir/c1-32(2,3)20-21-16-17-33-28(18-21)25-14-9-15-26-29-27(22-10-5-4-6-11-22)19-23-12-7-8-13-24(23)31(29)34-30(25)26;1-16(2,3)13-9-10-14(15-11-13)12-7-5-4-6-8-12;/h4-13,15-19H,20H2,1-3H3;4-7,9-11H,1-3H3;/q2*-1;. The van der Waals surface area contributed by atoms with Crippen LogP contribution in [0.3, 0.4) is 0 Å². The van der Waals surface area contributed by atoms with Crippen LogP contribution in [-0.4, -0.2) is 18.0 Å². The molecule has 3 aromatic heterocycles. The van der Waals surface area contributed by atoms with Crippen molar-refractivity contribution in [2.75, 3.05) is 0 Å². The third kappa shape index (κ3) is 8.13. The summed E-state index contributed by atoms with van der Waals surface area (Å²) in [5, 5.41) is 6.58. The van der Waals surface area contributed by atoms with Crippen molar-refractivity contribution < 1.29 is 20.1 Å². The Morgan fingerprint density at radius 2 is 1.45 bits per heavy atom. The minimum atomic E-state index is -1.23. The Morgan fingerprint density at radius 1 is 0.686 bits per heavy atom. The Bertz CT molecular complexity index is 2410. The Hall–Kier alpha value is -4.25. The normalized spacial score (nSPS) is 11.6. The second-order valence-electron chi connectivity index (χ2n) is 15.2. The van der Waals surface area contributed by atoms with Gasteiger partial charge < -0.3 is 9.97 Å². The number of fused-ring (bicyclic) bond motifs is 5. The maximum atomic E-state index is 4.78. The van der Waals surface area contributed by atoms with E-state index in [4.69, 9.17) is 4.98 Å². The monoisotopic (exact) mass is 875 g/mol. The summed E-state index contributed by atoms with van der Waals surface area (Å²) in [5.41, 5.74) is 8.24. The number of pyridine rings is 2. The summed E-state index contributed by atoms with van der Waals surface area (Å²) in [6.07, 6.45) is 4.98. The van der Waals surface area contributed by atoms with Gasteiger partial charge in [-0.05, 0) is 72.5 Å². The summed E-state index contributed by atoms with van der Waals surface area (Å²) in [5.74, 6) is 0. The van der Waals surface area contributed by atoms with Crippen molar-refractivity contribution in [1.82, 2.24) is 9.97 Å². The average Bonchev–Trinajstić information content (AvgIpc) is 3.52. The largest absolute Gasteiger partial charge is 0.305 e. The molecule has 0 atom stereocenters. The molecule has 51 heavy (non-hydrogen) atoms. The van der Waals surface area contributed by atoms with E-state index in [1.807, 2.05) is 48.0 Å². The predicted octanol–water partition coefficient (Wildman–Crippen LogP) is 12.4. The molecule has 5 aromatic carbocycles. The van der Waals surface area contributed by atoms with E-state index >= 15 is 0 Å². The molecular weight excluding hydrogens is 833 g/mol. The maximum absolute atomic E-state index is 4.78. The zero-order valence-electron chi connectivity index (χ0n) is 30.0. The zero-order chi connectivity index (χ0) is 34.9. The third-order valence-corrected chi connectivity index (χ3v) is 12.2. The number of aromatic nitrogens is 2. The van der Waals surface area contributed by atoms with Gasteiger partial charge in [0.15, 0.2) is 0 Å². The topological polar surface area (TPSA) is 25.8 Å². The average molecular weight is 875 g/mol. The van der Waals surface area contributed by atoms with Gasteiger partial charge in [0.2, 0.25) is 0 Å². The number of benzene rings is 5. The van der Waals surface area contributed by atoms with Crippen LogP contribution in [-0.2, 0) is 26.5 Å². The molecule has 0 aliphatic carbocycles. The molecule has 0 amide bonds. The van der Waals surface area contributed by atoms with Crippen LogP contribution < -0.4 is 5.19 Å². The first-order chi connectivity index (χ1) is 24.0. The minimum absolute atomic E-state index is 0. The van der Waals surface area contributed by atoms with Crippen LogP contribution in [0.1, 0.15) is 26.3 Å². The predicted molar refractivity (Wildman–Crippen MR) is 219 cm³/mol. The fraction of sp³-hybridized carbons (Fsp3) is 0.174. The molecule has 5 heteroatoms. The SMILES string of the molecule is CC(C)(C)Cc1ccnc(-c2[c-]ccc3c2sc2c4ccccc4cc(-c4ccccc4)c32)c1.C[Si](C)(C)c1ccc(-c2[c-]cccc2)nc1.[Ir]. The van der Waals surface area contributed by atoms with E-state index in [0.717, 1.165) is 28.9 Å². The van der Waals surface area contributed by atoms with Crippen LogP contribution in [0.25, 0.3) is 64.6 Å². The zero-order valence-corrected chi connectivity index (χ0v) is 34.3. The fourth-order valence-corrected chi connectivity index (χ4v) is 8.90. The molecule has 0 aliphatic heterocycles. The molecule has 3 heterocycles. The number of hydrogen-bond acceptors (Lipinski definition) is 3. The van der Waals surface area contributed by atoms with Crippen molar-refractivity contribution in [1.29, 1.82) is 0 Å². The van der Waals surface area contributed by atoms with Crippen LogP contribution in [0.15, 0.2) is 134 Å². The molecule has 0 saturated heterocycles. The van der Waals surface area contributed by atoms with E-state index in [-0.39, 0.29) is 25.5 Å². The first-order valence-corrected chi connectivity index (χ1v) is 21.6. The molecule has 0 saturated carbocycles. The first-order valence-electron chi connectivity index (χ1n) is 17.3. The minimum Gasteiger partial charge on any atom is -0.305 e. The Kier molecular flexibility index (Phi) is 10.9. The maximum Gasteiger partial charge on any atom is 0.0795 e. The van der Waals surface area contributed by atoms with E-state index in [1.165, 1.54) is 52.8 Å². The summed E-state index contributed by atoms with van der Waals surface area (Å²) in [6, 6.07) is 49.4. The summed E-state index contributed by atoms with van der Waals surface area (Å²) >= 11 is 1.87. The molecule has 0 N–H and O–H groups in total. The molecular formula is C46H42IrN2SSi-2. The van der Waals surface area contributed by atoms with Crippen LogP contribution in [0, 0.1) is 17.5 Å². The molecule has 0 unspecified atom stereocenters. The summed E-state index contributed by atoms with van der Waals surface area (Å²) in [6.45, 7) is 13.8. The first kappa shape index (κ1) is 36.5. The summed E-state index contributed by atoms with van der Waals surface area (Å²) in [4.78, 5) is 9.30. The second-order valence-corrected chi connectivity index (χ2v) is 21.3. The van der Waals surface area contributed by atoms with Gasteiger partial charge in [-0.1, -0.05) is 124 Å². The Morgan fingerprint density at radius 3 is 2.16 bits per heavy atom. The van der Waals surface area contributed by atoms with Crippen molar-refractivity contribution >= 4 is 55.5 Å². The molecule has 2 nitrogen and oxygen atoms in total. The van der Waals surface area contributed by atoms with Crippen LogP contribution in [0.5, 0.6) is 0 Å². The Balaban J connectivity index is 0.000000222. The smallest absolute Gasteiger partial charge is 0.0795 e. The van der Waals surface area contributed by atoms with E-state index in [0.29, 0.717) is 0 Å².